The Balaban J connectivity index is 1.26. The second kappa shape index (κ2) is 9.58. The summed E-state index contributed by atoms with van der Waals surface area (Å²) in [6.07, 6.45) is 2.81. The number of halogens is 1. The fourth-order valence-electron chi connectivity index (χ4n) is 3.52. The fraction of sp³-hybridized carbons (Fsp3) is 0.217. The van der Waals surface area contributed by atoms with Crippen LogP contribution in [-0.4, -0.2) is 29.9 Å². The third-order valence-electron chi connectivity index (χ3n) is 5.32. The third kappa shape index (κ3) is 4.92. The molecule has 32 heavy (non-hydrogen) atoms. The van der Waals surface area contributed by atoms with Gasteiger partial charge >= 0.3 is 0 Å². The van der Waals surface area contributed by atoms with Gasteiger partial charge in [-0.05, 0) is 54.8 Å². The molecule has 1 aromatic carbocycles. The van der Waals surface area contributed by atoms with Gasteiger partial charge in [-0.25, -0.2) is 9.37 Å². The van der Waals surface area contributed by atoms with Crippen molar-refractivity contribution in [2.24, 2.45) is 5.92 Å². The van der Waals surface area contributed by atoms with Crippen LogP contribution in [0.5, 0.6) is 0 Å². The predicted molar refractivity (Wildman–Crippen MR) is 119 cm³/mol. The number of rotatable bonds is 4. The number of benzene rings is 1. The topological polar surface area (TPSA) is 98.1 Å². The van der Waals surface area contributed by atoms with Gasteiger partial charge in [-0.3, -0.25) is 20.4 Å². The van der Waals surface area contributed by atoms with Crippen LogP contribution in [0.1, 0.15) is 28.1 Å². The van der Waals surface area contributed by atoms with E-state index in [2.05, 4.69) is 20.7 Å². The maximum absolute atomic E-state index is 13.1. The standard InChI is InChI=1S/C23H20FN5O2S/c24-18-4-2-16(3-5-18)19-6-7-20(32-19)23(31)28-27-22(30)17-9-11-29(12-10-17)21-8-1-15(13-25)14-26-21/h1-8,14,17H,9-12H2,(H,27,30)(H,28,31). The average Bonchev–Trinajstić information content (AvgIpc) is 3.33. The molecule has 1 fully saturated rings. The highest BCUT2D eigenvalue weighted by Crippen LogP contribution is 2.28. The number of hydrogen-bond acceptors (Lipinski definition) is 6. The summed E-state index contributed by atoms with van der Waals surface area (Å²) in [6.45, 7) is 1.33. The van der Waals surface area contributed by atoms with E-state index in [0.717, 1.165) is 16.3 Å². The molecule has 0 radical (unpaired) electrons. The van der Waals surface area contributed by atoms with Gasteiger partial charge in [0, 0.05) is 30.1 Å². The van der Waals surface area contributed by atoms with Crippen LogP contribution in [0, 0.1) is 23.1 Å². The number of aromatic nitrogens is 1. The van der Waals surface area contributed by atoms with Crippen molar-refractivity contribution in [3.63, 3.8) is 0 Å². The quantitative estimate of drug-likeness (QED) is 0.594. The molecule has 0 aliphatic carbocycles. The minimum Gasteiger partial charge on any atom is -0.357 e. The normalized spacial score (nSPS) is 13.9. The lowest BCUT2D eigenvalue weighted by atomic mass is 9.96. The number of piperidine rings is 1. The van der Waals surface area contributed by atoms with Crippen LogP contribution >= 0.6 is 11.3 Å². The van der Waals surface area contributed by atoms with Gasteiger partial charge in [0.05, 0.1) is 10.4 Å². The van der Waals surface area contributed by atoms with E-state index in [0.29, 0.717) is 36.4 Å². The second-order valence-electron chi connectivity index (χ2n) is 7.39. The van der Waals surface area contributed by atoms with Crippen molar-refractivity contribution in [1.82, 2.24) is 15.8 Å². The predicted octanol–water partition coefficient (Wildman–Crippen LogP) is 3.50. The van der Waals surface area contributed by atoms with Crippen molar-refractivity contribution in [3.05, 3.63) is 71.0 Å². The van der Waals surface area contributed by atoms with Gasteiger partial charge in [0.25, 0.3) is 5.91 Å². The number of thiophene rings is 1. The summed E-state index contributed by atoms with van der Waals surface area (Å²) in [5.41, 5.74) is 6.34. The molecule has 1 aliphatic rings. The highest BCUT2D eigenvalue weighted by Gasteiger charge is 2.26. The molecule has 3 heterocycles. The highest BCUT2D eigenvalue weighted by atomic mass is 32.1. The Labute approximate surface area is 188 Å². The van der Waals surface area contributed by atoms with Gasteiger partial charge in [0.1, 0.15) is 17.7 Å². The summed E-state index contributed by atoms with van der Waals surface area (Å²) in [5, 5.41) is 8.87. The Bertz CT molecular complexity index is 1150. The molecule has 162 valence electrons. The van der Waals surface area contributed by atoms with Gasteiger partial charge in [-0.2, -0.15) is 5.26 Å². The summed E-state index contributed by atoms with van der Waals surface area (Å²) in [5.74, 6) is -0.351. The first-order valence-electron chi connectivity index (χ1n) is 10.1. The van der Waals surface area contributed by atoms with E-state index in [4.69, 9.17) is 5.26 Å². The van der Waals surface area contributed by atoms with Gasteiger partial charge in [0.2, 0.25) is 5.91 Å². The molecule has 0 atom stereocenters. The van der Waals surface area contributed by atoms with E-state index in [1.807, 2.05) is 6.07 Å². The minimum absolute atomic E-state index is 0.206. The zero-order chi connectivity index (χ0) is 22.5. The first kappa shape index (κ1) is 21.5. The molecule has 0 spiro atoms. The van der Waals surface area contributed by atoms with Crippen LogP contribution in [0.25, 0.3) is 10.4 Å². The number of carbonyl (C=O) groups excluding carboxylic acids is 2. The van der Waals surface area contributed by atoms with Crippen LogP contribution in [0.3, 0.4) is 0 Å². The molecule has 7 nitrogen and oxygen atoms in total. The second-order valence-corrected chi connectivity index (χ2v) is 8.48. The molecule has 4 rings (SSSR count). The Hall–Kier alpha value is -3.77. The van der Waals surface area contributed by atoms with Crippen molar-refractivity contribution >= 4 is 29.0 Å². The molecule has 0 saturated carbocycles. The van der Waals surface area contributed by atoms with Gasteiger partial charge in [-0.1, -0.05) is 12.1 Å². The molecule has 2 amide bonds. The number of amides is 2. The maximum Gasteiger partial charge on any atom is 0.279 e. The molecule has 2 aromatic heterocycles. The molecule has 0 bridgehead atoms. The number of nitrogens with zero attached hydrogens (tertiary/aromatic N) is 3. The molecule has 2 N–H and O–H groups in total. The Morgan fingerprint density at radius 1 is 1.06 bits per heavy atom. The Morgan fingerprint density at radius 3 is 2.47 bits per heavy atom. The van der Waals surface area contributed by atoms with Gasteiger partial charge in [0.15, 0.2) is 0 Å². The molecule has 1 saturated heterocycles. The number of nitrogens with one attached hydrogen (secondary N) is 2. The first-order valence-corrected chi connectivity index (χ1v) is 10.9. The van der Waals surface area contributed by atoms with Crippen molar-refractivity contribution < 1.29 is 14.0 Å². The summed E-state index contributed by atoms with van der Waals surface area (Å²) in [4.78, 5) is 32.6. The summed E-state index contributed by atoms with van der Waals surface area (Å²) < 4.78 is 13.1. The zero-order valence-electron chi connectivity index (χ0n) is 17.0. The lowest BCUT2D eigenvalue weighted by Gasteiger charge is -2.32. The van der Waals surface area contributed by atoms with Crippen molar-refractivity contribution in [2.75, 3.05) is 18.0 Å². The highest BCUT2D eigenvalue weighted by molar-refractivity contribution is 7.17. The van der Waals surface area contributed by atoms with Crippen molar-refractivity contribution in [3.8, 4) is 16.5 Å². The van der Waals surface area contributed by atoms with Crippen LogP contribution in [0.4, 0.5) is 10.2 Å². The van der Waals surface area contributed by atoms with Crippen LogP contribution in [0.15, 0.2) is 54.7 Å². The number of anilines is 1. The zero-order valence-corrected chi connectivity index (χ0v) is 17.9. The monoisotopic (exact) mass is 449 g/mol. The van der Waals surface area contributed by atoms with E-state index in [1.54, 1.807) is 36.4 Å². The van der Waals surface area contributed by atoms with E-state index in [-0.39, 0.29) is 17.6 Å². The lowest BCUT2D eigenvalue weighted by molar-refractivity contribution is -0.126. The van der Waals surface area contributed by atoms with Crippen molar-refractivity contribution in [1.29, 1.82) is 5.26 Å². The molecule has 1 aliphatic heterocycles. The van der Waals surface area contributed by atoms with Crippen molar-refractivity contribution in [2.45, 2.75) is 12.8 Å². The number of nitriles is 1. The Kier molecular flexibility index (Phi) is 6.42. The molecule has 0 unspecified atom stereocenters. The number of hydrogen-bond donors (Lipinski definition) is 2. The number of pyridine rings is 1. The fourth-order valence-corrected chi connectivity index (χ4v) is 4.43. The smallest absolute Gasteiger partial charge is 0.279 e. The third-order valence-corrected chi connectivity index (χ3v) is 6.46. The Morgan fingerprint density at radius 2 is 1.81 bits per heavy atom. The maximum atomic E-state index is 13.1. The SMILES string of the molecule is N#Cc1ccc(N2CCC(C(=O)NNC(=O)c3ccc(-c4ccc(F)cc4)s3)CC2)nc1. The van der Waals surface area contributed by atoms with E-state index in [9.17, 15) is 14.0 Å². The molecular formula is C23H20FN5O2S. The summed E-state index contributed by atoms with van der Waals surface area (Å²) in [6, 6.07) is 15.1. The van der Waals surface area contributed by atoms with E-state index in [1.165, 1.54) is 29.7 Å². The number of hydrazine groups is 1. The van der Waals surface area contributed by atoms with Crippen LogP contribution < -0.4 is 15.8 Å². The van der Waals surface area contributed by atoms with Crippen LogP contribution in [-0.2, 0) is 4.79 Å². The molecule has 9 heteroatoms. The molecular weight excluding hydrogens is 429 g/mol. The average molecular weight is 450 g/mol. The lowest BCUT2D eigenvalue weighted by Crippen LogP contribution is -2.47. The minimum atomic E-state index is -0.393. The summed E-state index contributed by atoms with van der Waals surface area (Å²) >= 11 is 1.27. The van der Waals surface area contributed by atoms with Crippen LogP contribution in [0.2, 0.25) is 0 Å². The van der Waals surface area contributed by atoms with E-state index >= 15 is 0 Å². The first-order chi connectivity index (χ1) is 15.5. The largest absolute Gasteiger partial charge is 0.357 e. The van der Waals surface area contributed by atoms with E-state index < -0.39 is 5.91 Å². The number of carbonyl (C=O) groups is 2. The summed E-state index contributed by atoms with van der Waals surface area (Å²) in [7, 11) is 0. The molecule has 3 aromatic rings. The van der Waals surface area contributed by atoms with Gasteiger partial charge < -0.3 is 4.90 Å². The van der Waals surface area contributed by atoms with Gasteiger partial charge in [-0.15, -0.1) is 11.3 Å².